The number of aromatic nitrogens is 1. The molecule has 1 aromatic heterocycles. The number of fused-ring (bicyclic) bond motifs is 1. The molecule has 2 heterocycles. The van der Waals surface area contributed by atoms with Gasteiger partial charge >= 0.3 is 0 Å². The van der Waals surface area contributed by atoms with Gasteiger partial charge in [0.05, 0.1) is 29.8 Å². The van der Waals surface area contributed by atoms with Gasteiger partial charge in [0.25, 0.3) is 0 Å². The van der Waals surface area contributed by atoms with E-state index in [0.717, 1.165) is 45.7 Å². The number of ether oxygens (including phenoxy) is 2. The fourth-order valence-electron chi connectivity index (χ4n) is 3.32. The minimum Gasteiger partial charge on any atom is -0.493 e. The zero-order valence-electron chi connectivity index (χ0n) is 15.9. The number of benzene rings is 1. The second-order valence-electron chi connectivity index (χ2n) is 6.60. The van der Waals surface area contributed by atoms with Crippen LogP contribution in [0, 0.1) is 11.3 Å². The molecule has 2 aromatic rings. The first-order valence-electron chi connectivity index (χ1n) is 9.30. The van der Waals surface area contributed by atoms with Crippen LogP contribution in [-0.4, -0.2) is 67.8 Å². The third-order valence-electron chi connectivity index (χ3n) is 5.00. The Morgan fingerprint density at radius 2 is 1.93 bits per heavy atom. The van der Waals surface area contributed by atoms with E-state index in [1.165, 1.54) is 6.20 Å². The van der Waals surface area contributed by atoms with Gasteiger partial charge in [0, 0.05) is 50.4 Å². The van der Waals surface area contributed by atoms with E-state index in [0.29, 0.717) is 39.6 Å². The molecule has 0 amide bonds. The molecule has 0 bridgehead atoms. The molecule has 0 saturated carbocycles. The van der Waals surface area contributed by atoms with Gasteiger partial charge in [-0.25, -0.2) is 0 Å². The van der Waals surface area contributed by atoms with Crippen molar-refractivity contribution in [2.45, 2.75) is 13.3 Å². The number of hydrogen-bond donors (Lipinski definition) is 0. The predicted octanol–water partition coefficient (Wildman–Crippen LogP) is 3.17. The SMILES string of the molecule is CCN1CCN(CCCOc2cc3ncc(C#N)c(Cl)c3cc2OC)CC1. The lowest BCUT2D eigenvalue weighted by Gasteiger charge is -2.33. The first kappa shape index (κ1) is 19.7. The molecule has 0 atom stereocenters. The predicted molar refractivity (Wildman–Crippen MR) is 107 cm³/mol. The molecular weight excluding hydrogens is 364 g/mol. The van der Waals surface area contributed by atoms with Gasteiger partial charge in [-0.2, -0.15) is 5.26 Å². The number of nitrogens with zero attached hydrogens (tertiary/aromatic N) is 4. The van der Waals surface area contributed by atoms with E-state index in [9.17, 15) is 0 Å². The zero-order chi connectivity index (χ0) is 19.2. The van der Waals surface area contributed by atoms with E-state index in [1.54, 1.807) is 13.2 Å². The topological polar surface area (TPSA) is 61.6 Å². The van der Waals surface area contributed by atoms with Gasteiger partial charge < -0.3 is 19.3 Å². The van der Waals surface area contributed by atoms with Gasteiger partial charge in [-0.3, -0.25) is 4.98 Å². The summed E-state index contributed by atoms with van der Waals surface area (Å²) >= 11 is 6.29. The summed E-state index contributed by atoms with van der Waals surface area (Å²) in [5.74, 6) is 1.24. The average molecular weight is 389 g/mol. The van der Waals surface area contributed by atoms with Crippen LogP contribution in [0.2, 0.25) is 5.02 Å². The van der Waals surface area contributed by atoms with E-state index in [-0.39, 0.29) is 0 Å². The number of piperazine rings is 1. The average Bonchev–Trinajstić information content (AvgIpc) is 2.71. The van der Waals surface area contributed by atoms with Crippen molar-refractivity contribution in [3.63, 3.8) is 0 Å². The Labute approximate surface area is 165 Å². The number of methoxy groups -OCH3 is 1. The molecule has 0 radical (unpaired) electrons. The van der Waals surface area contributed by atoms with Crippen LogP contribution in [0.3, 0.4) is 0 Å². The smallest absolute Gasteiger partial charge is 0.163 e. The van der Waals surface area contributed by atoms with Crippen molar-refractivity contribution >= 4 is 22.5 Å². The molecule has 3 rings (SSSR count). The second-order valence-corrected chi connectivity index (χ2v) is 6.97. The van der Waals surface area contributed by atoms with Crippen LogP contribution in [0.25, 0.3) is 10.9 Å². The molecule has 1 saturated heterocycles. The summed E-state index contributed by atoms with van der Waals surface area (Å²) in [5, 5.41) is 10.2. The number of likely N-dealkylation sites (N-methyl/N-ethyl adjacent to an activating group) is 1. The van der Waals surface area contributed by atoms with Crippen molar-refractivity contribution in [2.75, 3.05) is 53.0 Å². The van der Waals surface area contributed by atoms with Gasteiger partial charge in [0.1, 0.15) is 6.07 Å². The zero-order valence-corrected chi connectivity index (χ0v) is 16.6. The third kappa shape index (κ3) is 4.62. The fraction of sp³-hybridized carbons (Fsp3) is 0.500. The van der Waals surface area contributed by atoms with E-state index < -0.39 is 0 Å². The minimum absolute atomic E-state index is 0.350. The van der Waals surface area contributed by atoms with Crippen LogP contribution in [0.4, 0.5) is 0 Å². The first-order chi connectivity index (χ1) is 13.2. The number of rotatable bonds is 7. The largest absolute Gasteiger partial charge is 0.493 e. The first-order valence-corrected chi connectivity index (χ1v) is 9.68. The highest BCUT2D eigenvalue weighted by molar-refractivity contribution is 6.36. The van der Waals surface area contributed by atoms with E-state index in [4.69, 9.17) is 26.3 Å². The van der Waals surface area contributed by atoms with Crippen molar-refractivity contribution in [1.82, 2.24) is 14.8 Å². The molecule has 144 valence electrons. The maximum absolute atomic E-state index is 9.10. The van der Waals surface area contributed by atoms with E-state index in [1.807, 2.05) is 12.1 Å². The summed E-state index contributed by atoms with van der Waals surface area (Å²) in [7, 11) is 1.59. The number of hydrogen-bond acceptors (Lipinski definition) is 6. The van der Waals surface area contributed by atoms with Crippen LogP contribution in [-0.2, 0) is 0 Å². The molecule has 1 fully saturated rings. The highest BCUT2D eigenvalue weighted by Gasteiger charge is 2.16. The van der Waals surface area contributed by atoms with Crippen molar-refractivity contribution in [2.24, 2.45) is 0 Å². The second kappa shape index (κ2) is 9.23. The molecular formula is C20H25ClN4O2. The van der Waals surface area contributed by atoms with Crippen LogP contribution < -0.4 is 9.47 Å². The Morgan fingerprint density at radius 1 is 1.19 bits per heavy atom. The lowest BCUT2D eigenvalue weighted by atomic mass is 10.1. The van der Waals surface area contributed by atoms with Gasteiger partial charge in [-0.05, 0) is 19.0 Å². The number of halogens is 1. The molecule has 0 aliphatic carbocycles. The third-order valence-corrected chi connectivity index (χ3v) is 5.40. The lowest BCUT2D eigenvalue weighted by Crippen LogP contribution is -2.46. The molecule has 0 spiro atoms. The van der Waals surface area contributed by atoms with Crippen LogP contribution >= 0.6 is 11.6 Å². The molecule has 1 aromatic carbocycles. The highest BCUT2D eigenvalue weighted by Crippen LogP contribution is 2.35. The minimum atomic E-state index is 0.350. The monoisotopic (exact) mass is 388 g/mol. The Bertz CT molecular complexity index is 829. The molecule has 1 aliphatic heterocycles. The van der Waals surface area contributed by atoms with Crippen molar-refractivity contribution in [3.05, 3.63) is 28.9 Å². The Balaban J connectivity index is 1.61. The Kier molecular flexibility index (Phi) is 6.73. The summed E-state index contributed by atoms with van der Waals surface area (Å²) in [6.45, 7) is 9.52. The Morgan fingerprint density at radius 3 is 2.59 bits per heavy atom. The van der Waals surface area contributed by atoms with Crippen molar-refractivity contribution < 1.29 is 9.47 Å². The van der Waals surface area contributed by atoms with Gasteiger partial charge in [-0.1, -0.05) is 18.5 Å². The summed E-state index contributed by atoms with van der Waals surface area (Å²) in [4.78, 5) is 9.27. The molecule has 6 nitrogen and oxygen atoms in total. The highest BCUT2D eigenvalue weighted by atomic mass is 35.5. The van der Waals surface area contributed by atoms with Crippen LogP contribution in [0.1, 0.15) is 18.9 Å². The normalized spacial score (nSPS) is 15.6. The summed E-state index contributed by atoms with van der Waals surface area (Å²) in [6.07, 6.45) is 2.44. The van der Waals surface area contributed by atoms with E-state index in [2.05, 4.69) is 21.7 Å². The van der Waals surface area contributed by atoms with Gasteiger partial charge in [-0.15, -0.1) is 0 Å². The van der Waals surface area contributed by atoms with Crippen molar-refractivity contribution in [3.8, 4) is 17.6 Å². The molecule has 0 N–H and O–H groups in total. The van der Waals surface area contributed by atoms with Gasteiger partial charge in [0.15, 0.2) is 11.5 Å². The molecule has 0 unspecified atom stereocenters. The molecule has 7 heteroatoms. The quantitative estimate of drug-likeness (QED) is 0.679. The fourth-order valence-corrected chi connectivity index (χ4v) is 3.56. The standard InChI is InChI=1S/C20H25ClN4O2/c1-3-24-6-8-25(9-7-24)5-4-10-27-19-12-17-16(11-18(19)26-2)20(21)15(13-22)14-23-17/h11-12,14H,3-10H2,1-2H3. The van der Waals surface area contributed by atoms with E-state index >= 15 is 0 Å². The number of pyridine rings is 1. The van der Waals surface area contributed by atoms with Gasteiger partial charge in [0.2, 0.25) is 0 Å². The lowest BCUT2D eigenvalue weighted by molar-refractivity contribution is 0.130. The summed E-state index contributed by atoms with van der Waals surface area (Å²) in [6, 6.07) is 5.65. The summed E-state index contributed by atoms with van der Waals surface area (Å²) < 4.78 is 11.4. The Hall–Kier alpha value is -2.07. The molecule has 27 heavy (non-hydrogen) atoms. The van der Waals surface area contributed by atoms with Crippen LogP contribution in [0.5, 0.6) is 11.5 Å². The van der Waals surface area contributed by atoms with Crippen LogP contribution in [0.15, 0.2) is 18.3 Å². The van der Waals surface area contributed by atoms with Crippen molar-refractivity contribution in [1.29, 1.82) is 5.26 Å². The number of nitriles is 1. The summed E-state index contributed by atoms with van der Waals surface area (Å²) in [5.41, 5.74) is 1.04. The maximum atomic E-state index is 9.10. The molecule has 1 aliphatic rings. The maximum Gasteiger partial charge on any atom is 0.163 e.